The molecule has 1 saturated carbocycles. The molecule has 3 nitrogen and oxygen atoms in total. The molecule has 2 aliphatic rings. The zero-order valence-corrected chi connectivity index (χ0v) is 14.2. The monoisotopic (exact) mass is 399 g/mol. The summed E-state index contributed by atoms with van der Waals surface area (Å²) >= 11 is 7.19. The Hall–Kier alpha value is -0.680. The van der Waals surface area contributed by atoms with Crippen LogP contribution in [0.5, 0.6) is 0 Å². The van der Waals surface area contributed by atoms with Gasteiger partial charge in [0.15, 0.2) is 0 Å². The Morgan fingerprint density at radius 1 is 1.05 bits per heavy atom. The van der Waals surface area contributed by atoms with Gasteiger partial charge in [0.25, 0.3) is 0 Å². The minimum Gasteiger partial charge on any atom is -0.274 e. The van der Waals surface area contributed by atoms with E-state index in [2.05, 4.69) is 31.9 Å². The molecule has 0 bridgehead atoms. The van der Waals surface area contributed by atoms with Crippen LogP contribution in [0.25, 0.3) is 0 Å². The fourth-order valence-corrected chi connectivity index (χ4v) is 4.35. The number of hydrogen-bond donors (Lipinski definition) is 0. The SMILES string of the molecule is Cc1cccc(N2C(=O)[C@@H]3C[C@@H](Br)[C@@H](Br)C[C@H]3C2=O)c1. The van der Waals surface area contributed by atoms with Crippen molar-refractivity contribution >= 4 is 49.4 Å². The molecule has 1 saturated heterocycles. The highest BCUT2D eigenvalue weighted by atomic mass is 79.9. The van der Waals surface area contributed by atoms with Crippen LogP contribution in [-0.2, 0) is 9.59 Å². The van der Waals surface area contributed by atoms with Crippen LogP contribution in [0.1, 0.15) is 18.4 Å². The minimum absolute atomic E-state index is 0.0468. The van der Waals surface area contributed by atoms with Gasteiger partial charge in [0, 0.05) is 9.65 Å². The van der Waals surface area contributed by atoms with Crippen molar-refractivity contribution in [2.45, 2.75) is 29.4 Å². The van der Waals surface area contributed by atoms with E-state index in [9.17, 15) is 9.59 Å². The second-order valence-electron chi connectivity index (χ2n) is 5.57. The molecule has 4 atom stereocenters. The normalized spacial score (nSPS) is 33.5. The first kappa shape index (κ1) is 14.3. The number of nitrogens with zero attached hydrogens (tertiary/aromatic N) is 1. The number of rotatable bonds is 1. The molecule has 0 unspecified atom stereocenters. The summed E-state index contributed by atoms with van der Waals surface area (Å²) in [7, 11) is 0. The second kappa shape index (κ2) is 5.26. The number of benzene rings is 1. The first-order valence-electron chi connectivity index (χ1n) is 6.71. The summed E-state index contributed by atoms with van der Waals surface area (Å²) < 4.78 is 0. The molecule has 20 heavy (non-hydrogen) atoms. The molecular weight excluding hydrogens is 386 g/mol. The molecule has 0 aromatic heterocycles. The first-order valence-corrected chi connectivity index (χ1v) is 8.55. The summed E-state index contributed by atoms with van der Waals surface area (Å²) in [5, 5.41) is 0. The lowest BCUT2D eigenvalue weighted by Crippen LogP contribution is -2.34. The predicted octanol–water partition coefficient (Wildman–Crippen LogP) is 3.42. The zero-order chi connectivity index (χ0) is 14.4. The van der Waals surface area contributed by atoms with E-state index in [1.165, 1.54) is 4.90 Å². The van der Waals surface area contributed by atoms with Crippen molar-refractivity contribution < 1.29 is 9.59 Å². The van der Waals surface area contributed by atoms with E-state index < -0.39 is 0 Å². The molecule has 0 spiro atoms. The van der Waals surface area contributed by atoms with Crippen LogP contribution in [-0.4, -0.2) is 21.5 Å². The first-order chi connectivity index (χ1) is 9.49. The van der Waals surface area contributed by atoms with Crippen molar-refractivity contribution in [1.29, 1.82) is 0 Å². The Balaban J connectivity index is 1.95. The van der Waals surface area contributed by atoms with Gasteiger partial charge >= 0.3 is 0 Å². The van der Waals surface area contributed by atoms with E-state index in [4.69, 9.17) is 0 Å². The smallest absolute Gasteiger partial charge is 0.237 e. The van der Waals surface area contributed by atoms with E-state index in [-0.39, 0.29) is 33.3 Å². The highest BCUT2D eigenvalue weighted by Gasteiger charge is 2.52. The number of carbonyl (C=O) groups excluding carboxylic acids is 2. The summed E-state index contributed by atoms with van der Waals surface area (Å²) in [6.45, 7) is 1.96. The Morgan fingerprint density at radius 2 is 1.60 bits per heavy atom. The average molecular weight is 401 g/mol. The largest absolute Gasteiger partial charge is 0.274 e. The summed E-state index contributed by atoms with van der Waals surface area (Å²) in [5.74, 6) is -0.453. The number of imide groups is 1. The van der Waals surface area contributed by atoms with E-state index in [1.807, 2.05) is 31.2 Å². The summed E-state index contributed by atoms with van der Waals surface area (Å²) in [6.07, 6.45) is 1.43. The maximum atomic E-state index is 12.6. The number of aryl methyl sites for hydroxylation is 1. The molecule has 3 rings (SSSR count). The molecule has 1 aliphatic heterocycles. The van der Waals surface area contributed by atoms with Crippen LogP contribution >= 0.6 is 31.9 Å². The van der Waals surface area contributed by atoms with Gasteiger partial charge < -0.3 is 0 Å². The molecule has 106 valence electrons. The van der Waals surface area contributed by atoms with Crippen LogP contribution in [0.4, 0.5) is 5.69 Å². The number of hydrogen-bond acceptors (Lipinski definition) is 2. The zero-order valence-electron chi connectivity index (χ0n) is 11.1. The Kier molecular flexibility index (Phi) is 3.75. The van der Waals surface area contributed by atoms with Gasteiger partial charge in [-0.25, -0.2) is 0 Å². The predicted molar refractivity (Wildman–Crippen MR) is 85.3 cm³/mol. The minimum atomic E-state index is -0.179. The molecule has 2 amide bonds. The van der Waals surface area contributed by atoms with Gasteiger partial charge in [-0.2, -0.15) is 0 Å². The molecule has 1 heterocycles. The van der Waals surface area contributed by atoms with Crippen LogP contribution in [0.3, 0.4) is 0 Å². The number of halogens is 2. The van der Waals surface area contributed by atoms with Gasteiger partial charge in [0.1, 0.15) is 0 Å². The van der Waals surface area contributed by atoms with Gasteiger partial charge in [0.2, 0.25) is 11.8 Å². The fourth-order valence-electron chi connectivity index (χ4n) is 3.12. The van der Waals surface area contributed by atoms with E-state index in [0.717, 1.165) is 5.56 Å². The van der Waals surface area contributed by atoms with Crippen molar-refractivity contribution in [3.63, 3.8) is 0 Å². The van der Waals surface area contributed by atoms with E-state index in [0.29, 0.717) is 18.5 Å². The number of carbonyl (C=O) groups is 2. The van der Waals surface area contributed by atoms with Crippen LogP contribution in [0, 0.1) is 18.8 Å². The highest BCUT2D eigenvalue weighted by Crippen LogP contribution is 2.44. The lowest BCUT2D eigenvalue weighted by Gasteiger charge is -2.29. The third-order valence-corrected chi connectivity index (χ3v) is 6.90. The van der Waals surface area contributed by atoms with Crippen LogP contribution in [0.2, 0.25) is 0 Å². The maximum Gasteiger partial charge on any atom is 0.237 e. The van der Waals surface area contributed by atoms with Crippen LogP contribution < -0.4 is 4.90 Å². The quantitative estimate of drug-likeness (QED) is 0.535. The molecular formula is C15H15Br2NO2. The third-order valence-electron chi connectivity index (χ3n) is 4.17. The Labute approximate surface area is 135 Å². The second-order valence-corrected chi connectivity index (χ2v) is 7.92. The van der Waals surface area contributed by atoms with Crippen molar-refractivity contribution in [3.8, 4) is 0 Å². The van der Waals surface area contributed by atoms with Crippen molar-refractivity contribution in [2.75, 3.05) is 4.90 Å². The van der Waals surface area contributed by atoms with Gasteiger partial charge in [-0.05, 0) is 37.5 Å². The molecule has 2 fully saturated rings. The highest BCUT2D eigenvalue weighted by molar-refractivity contribution is 9.12. The Bertz CT molecular complexity index is 547. The summed E-state index contributed by atoms with van der Waals surface area (Å²) in [4.78, 5) is 27.0. The molecule has 1 aromatic rings. The number of fused-ring (bicyclic) bond motifs is 1. The van der Waals surface area contributed by atoms with Crippen molar-refractivity contribution in [3.05, 3.63) is 29.8 Å². The molecule has 0 radical (unpaired) electrons. The standard InChI is InChI=1S/C15H15Br2NO2/c1-8-3-2-4-9(5-8)18-14(19)10-6-12(16)13(17)7-11(10)15(18)20/h2-5,10-13H,6-7H2,1H3/t10-,11-,12-,13+/m1/s1. The molecule has 5 heteroatoms. The van der Waals surface area contributed by atoms with Crippen molar-refractivity contribution in [1.82, 2.24) is 0 Å². The average Bonchev–Trinajstić information content (AvgIpc) is 2.63. The maximum absolute atomic E-state index is 12.6. The van der Waals surface area contributed by atoms with E-state index >= 15 is 0 Å². The van der Waals surface area contributed by atoms with Gasteiger partial charge in [0.05, 0.1) is 17.5 Å². The number of amides is 2. The number of anilines is 1. The molecule has 1 aromatic carbocycles. The fraction of sp³-hybridized carbons (Fsp3) is 0.467. The van der Waals surface area contributed by atoms with Crippen LogP contribution in [0.15, 0.2) is 24.3 Å². The molecule has 1 aliphatic carbocycles. The lowest BCUT2D eigenvalue weighted by atomic mass is 9.81. The lowest BCUT2D eigenvalue weighted by molar-refractivity contribution is -0.122. The van der Waals surface area contributed by atoms with Crippen molar-refractivity contribution in [2.24, 2.45) is 11.8 Å². The summed E-state index contributed by atoms with van der Waals surface area (Å²) in [5.41, 5.74) is 1.75. The third kappa shape index (κ3) is 2.25. The number of alkyl halides is 2. The van der Waals surface area contributed by atoms with Gasteiger partial charge in [-0.15, -0.1) is 0 Å². The summed E-state index contributed by atoms with van der Waals surface area (Å²) in [6, 6.07) is 7.57. The Morgan fingerprint density at radius 3 is 2.10 bits per heavy atom. The van der Waals surface area contributed by atoms with E-state index in [1.54, 1.807) is 0 Å². The molecule has 0 N–H and O–H groups in total. The topological polar surface area (TPSA) is 37.4 Å². The van der Waals surface area contributed by atoms with Gasteiger partial charge in [-0.1, -0.05) is 44.0 Å². The van der Waals surface area contributed by atoms with Gasteiger partial charge in [-0.3, -0.25) is 14.5 Å².